The first-order valence-corrected chi connectivity index (χ1v) is 10.7. The lowest BCUT2D eigenvalue weighted by molar-refractivity contribution is -0.125. The second kappa shape index (κ2) is 9.67. The van der Waals surface area contributed by atoms with Gasteiger partial charge >= 0.3 is 0 Å². The summed E-state index contributed by atoms with van der Waals surface area (Å²) in [7, 11) is 0. The Kier molecular flexibility index (Phi) is 6.53. The molecule has 32 heavy (non-hydrogen) atoms. The smallest absolute Gasteiger partial charge is 0.249 e. The van der Waals surface area contributed by atoms with Gasteiger partial charge in [0.25, 0.3) is 0 Å². The van der Waals surface area contributed by atoms with Gasteiger partial charge in [-0.2, -0.15) is 0 Å². The van der Waals surface area contributed by atoms with Crippen LogP contribution in [0.2, 0.25) is 0 Å². The number of nitrogens with one attached hydrogen (secondary N) is 2. The van der Waals surface area contributed by atoms with Crippen LogP contribution in [0.25, 0.3) is 0 Å². The number of halogens is 1. The second-order valence-electron chi connectivity index (χ2n) is 7.59. The van der Waals surface area contributed by atoms with Gasteiger partial charge in [0.2, 0.25) is 17.8 Å². The van der Waals surface area contributed by atoms with Crippen molar-refractivity contribution in [2.24, 2.45) is 4.99 Å². The Morgan fingerprint density at radius 2 is 1.81 bits per heavy atom. The fourth-order valence-electron chi connectivity index (χ4n) is 3.78. The number of piperazine rings is 1. The first-order valence-electron chi connectivity index (χ1n) is 10.7. The largest absolute Gasteiger partial charge is 0.494 e. The third-order valence-electron chi connectivity index (χ3n) is 5.42. The van der Waals surface area contributed by atoms with Gasteiger partial charge in [0.15, 0.2) is 0 Å². The Balaban J connectivity index is 1.39. The van der Waals surface area contributed by atoms with E-state index >= 15 is 0 Å². The molecule has 0 radical (unpaired) electrons. The zero-order chi connectivity index (χ0) is 22.5. The minimum Gasteiger partial charge on any atom is -0.494 e. The molecule has 1 atom stereocenters. The third-order valence-corrected chi connectivity index (χ3v) is 5.42. The molecule has 4 rings (SSSR count). The van der Waals surface area contributed by atoms with Crippen molar-refractivity contribution in [1.29, 1.82) is 0 Å². The zero-order valence-electron chi connectivity index (χ0n) is 17.9. The number of ether oxygens (including phenoxy) is 1. The lowest BCUT2D eigenvalue weighted by Gasteiger charge is -2.38. The standard InChI is InChI=1S/C23H26FN5O3/c1-2-32-17-9-7-16(8-10-17)25-22(31)19-15-21(30)27-23(26-19)29-13-11-28(12-14-29)20-6-4-3-5-18(20)24/h3-10,19H,2,11-15H2,1H3,(H,25,31)(H,26,27,30)/t19-/m1/s1. The van der Waals surface area contributed by atoms with E-state index in [-0.39, 0.29) is 24.1 Å². The van der Waals surface area contributed by atoms with Crippen molar-refractivity contribution >= 4 is 29.1 Å². The number of nitrogens with zero attached hydrogens (tertiary/aromatic N) is 3. The number of para-hydroxylation sites is 1. The number of benzene rings is 2. The highest BCUT2D eigenvalue weighted by atomic mass is 19.1. The summed E-state index contributed by atoms with van der Waals surface area (Å²) in [5.41, 5.74) is 1.18. The number of aliphatic imine (C=N–C) groups is 1. The van der Waals surface area contributed by atoms with Gasteiger partial charge in [0.1, 0.15) is 17.6 Å². The molecule has 0 saturated carbocycles. The molecule has 8 nitrogen and oxygen atoms in total. The number of amides is 2. The van der Waals surface area contributed by atoms with E-state index in [1.807, 2.05) is 22.8 Å². The van der Waals surface area contributed by atoms with Gasteiger partial charge < -0.3 is 19.9 Å². The average molecular weight is 439 g/mol. The van der Waals surface area contributed by atoms with Crippen LogP contribution < -0.4 is 20.3 Å². The number of carbonyl (C=O) groups is 2. The Hall–Kier alpha value is -3.62. The minimum absolute atomic E-state index is 0.0123. The van der Waals surface area contributed by atoms with Crippen LogP contribution >= 0.6 is 0 Å². The molecule has 2 N–H and O–H groups in total. The molecule has 0 aliphatic carbocycles. The van der Waals surface area contributed by atoms with Crippen molar-refractivity contribution in [2.75, 3.05) is 43.0 Å². The first kappa shape index (κ1) is 21.6. The molecule has 2 heterocycles. The molecule has 9 heteroatoms. The number of guanidine groups is 1. The molecule has 1 fully saturated rings. The number of rotatable bonds is 5. The molecule has 0 unspecified atom stereocenters. The fourth-order valence-corrected chi connectivity index (χ4v) is 3.78. The summed E-state index contributed by atoms with van der Waals surface area (Å²) < 4.78 is 19.5. The maximum Gasteiger partial charge on any atom is 0.249 e. The van der Waals surface area contributed by atoms with E-state index in [1.54, 1.807) is 36.4 Å². The van der Waals surface area contributed by atoms with Gasteiger partial charge in [-0.05, 0) is 43.3 Å². The maximum atomic E-state index is 14.1. The fraction of sp³-hybridized carbons (Fsp3) is 0.348. The SMILES string of the molecule is CCOc1ccc(NC(=O)[C@H]2CC(=O)NC(N3CCN(c4ccccc4F)CC3)=N2)cc1. The van der Waals surface area contributed by atoms with Crippen LogP contribution in [0.4, 0.5) is 15.8 Å². The number of hydrogen-bond acceptors (Lipinski definition) is 6. The lowest BCUT2D eigenvalue weighted by Crippen LogP contribution is -2.56. The Labute approximate surface area is 186 Å². The molecular formula is C23H26FN5O3. The van der Waals surface area contributed by atoms with Crippen molar-refractivity contribution < 1.29 is 18.7 Å². The molecule has 0 aromatic heterocycles. The summed E-state index contributed by atoms with van der Waals surface area (Å²) in [5, 5.41) is 5.58. The normalized spacial score (nSPS) is 18.6. The Morgan fingerprint density at radius 3 is 2.50 bits per heavy atom. The summed E-state index contributed by atoms with van der Waals surface area (Å²) in [6.45, 7) is 4.74. The van der Waals surface area contributed by atoms with Crippen molar-refractivity contribution in [3.63, 3.8) is 0 Å². The van der Waals surface area contributed by atoms with Crippen LogP contribution in [0.5, 0.6) is 5.75 Å². The van der Waals surface area contributed by atoms with Crippen molar-refractivity contribution in [1.82, 2.24) is 10.2 Å². The van der Waals surface area contributed by atoms with Crippen LogP contribution in [-0.4, -0.2) is 61.5 Å². The predicted octanol–water partition coefficient (Wildman–Crippen LogP) is 2.23. The molecule has 2 amide bonds. The second-order valence-corrected chi connectivity index (χ2v) is 7.59. The highest BCUT2D eigenvalue weighted by Gasteiger charge is 2.31. The molecule has 2 aromatic carbocycles. The van der Waals surface area contributed by atoms with E-state index in [4.69, 9.17) is 4.74 Å². The van der Waals surface area contributed by atoms with E-state index in [0.29, 0.717) is 50.1 Å². The summed E-state index contributed by atoms with van der Waals surface area (Å²) in [6.07, 6.45) is -0.0123. The number of hydrogen-bond donors (Lipinski definition) is 2. The summed E-state index contributed by atoms with van der Waals surface area (Å²) in [6, 6.07) is 12.9. The van der Waals surface area contributed by atoms with E-state index in [9.17, 15) is 14.0 Å². The number of carbonyl (C=O) groups excluding carboxylic acids is 2. The topological polar surface area (TPSA) is 86.3 Å². The minimum atomic E-state index is -0.810. The Bertz CT molecular complexity index is 1000. The van der Waals surface area contributed by atoms with Gasteiger partial charge in [0.05, 0.1) is 18.7 Å². The predicted molar refractivity (Wildman–Crippen MR) is 120 cm³/mol. The Morgan fingerprint density at radius 1 is 1.12 bits per heavy atom. The van der Waals surface area contributed by atoms with E-state index in [1.165, 1.54) is 6.07 Å². The van der Waals surface area contributed by atoms with Crippen molar-refractivity contribution in [3.05, 3.63) is 54.3 Å². The average Bonchev–Trinajstić information content (AvgIpc) is 2.80. The summed E-state index contributed by atoms with van der Waals surface area (Å²) in [4.78, 5) is 33.4. The van der Waals surface area contributed by atoms with Crippen LogP contribution in [0.3, 0.4) is 0 Å². The maximum absolute atomic E-state index is 14.1. The van der Waals surface area contributed by atoms with Crippen LogP contribution in [-0.2, 0) is 9.59 Å². The lowest BCUT2D eigenvalue weighted by atomic mass is 10.1. The van der Waals surface area contributed by atoms with Gasteiger partial charge in [0, 0.05) is 31.9 Å². The van der Waals surface area contributed by atoms with Gasteiger partial charge in [-0.15, -0.1) is 0 Å². The molecule has 2 aliphatic heterocycles. The molecule has 1 saturated heterocycles. The summed E-state index contributed by atoms with van der Waals surface area (Å²) in [5.74, 6) is 0.263. The van der Waals surface area contributed by atoms with E-state index in [0.717, 1.165) is 5.75 Å². The molecular weight excluding hydrogens is 413 g/mol. The molecule has 2 aliphatic rings. The number of anilines is 2. The van der Waals surface area contributed by atoms with Gasteiger partial charge in [-0.25, -0.2) is 9.38 Å². The molecule has 2 aromatic rings. The van der Waals surface area contributed by atoms with Gasteiger partial charge in [-0.3, -0.25) is 14.9 Å². The third kappa shape index (κ3) is 4.99. The quantitative estimate of drug-likeness (QED) is 0.746. The van der Waals surface area contributed by atoms with E-state index < -0.39 is 6.04 Å². The van der Waals surface area contributed by atoms with Crippen molar-refractivity contribution in [3.8, 4) is 5.75 Å². The monoisotopic (exact) mass is 439 g/mol. The van der Waals surface area contributed by atoms with Crippen LogP contribution in [0.15, 0.2) is 53.5 Å². The van der Waals surface area contributed by atoms with E-state index in [2.05, 4.69) is 15.6 Å². The van der Waals surface area contributed by atoms with Gasteiger partial charge in [-0.1, -0.05) is 12.1 Å². The molecule has 0 bridgehead atoms. The van der Waals surface area contributed by atoms with Crippen LogP contribution in [0.1, 0.15) is 13.3 Å². The molecule has 168 valence electrons. The molecule has 0 spiro atoms. The van der Waals surface area contributed by atoms with Crippen molar-refractivity contribution in [2.45, 2.75) is 19.4 Å². The first-order chi connectivity index (χ1) is 15.5. The highest BCUT2D eigenvalue weighted by molar-refractivity contribution is 6.06. The van der Waals surface area contributed by atoms with Crippen LogP contribution in [0, 0.1) is 5.82 Å². The summed E-state index contributed by atoms with van der Waals surface area (Å²) >= 11 is 0. The zero-order valence-corrected chi connectivity index (χ0v) is 17.9. The highest BCUT2D eigenvalue weighted by Crippen LogP contribution is 2.21.